The maximum absolute atomic E-state index is 12.4. The maximum atomic E-state index is 12.4. The molecule has 1 aliphatic rings. The molecule has 0 radical (unpaired) electrons. The summed E-state index contributed by atoms with van der Waals surface area (Å²) < 4.78 is 37.2. The highest BCUT2D eigenvalue weighted by atomic mass is 19.4. The first-order valence-corrected chi connectivity index (χ1v) is 6.46. The lowest BCUT2D eigenvalue weighted by Gasteiger charge is -2.43. The lowest BCUT2D eigenvalue weighted by Crippen LogP contribution is -2.50. The molecule has 1 N–H and O–H groups in total. The van der Waals surface area contributed by atoms with E-state index in [-0.39, 0.29) is 11.5 Å². The molecule has 5 heteroatoms. The number of likely N-dealkylation sites (N-methyl/N-ethyl adjacent to an activating group) is 1. The Morgan fingerprint density at radius 3 is 2.17 bits per heavy atom. The highest BCUT2D eigenvalue weighted by Gasteiger charge is 2.40. The van der Waals surface area contributed by atoms with Crippen molar-refractivity contribution >= 4 is 0 Å². The van der Waals surface area contributed by atoms with Crippen LogP contribution in [-0.2, 0) is 0 Å². The summed E-state index contributed by atoms with van der Waals surface area (Å²) in [5.74, 6) is 0.363. The molecule has 0 heterocycles. The first-order valence-electron chi connectivity index (χ1n) is 6.46. The van der Waals surface area contributed by atoms with Gasteiger partial charge >= 0.3 is 6.18 Å². The van der Waals surface area contributed by atoms with Crippen molar-refractivity contribution in [3.05, 3.63) is 0 Å². The van der Waals surface area contributed by atoms with Crippen LogP contribution in [0.4, 0.5) is 13.2 Å². The van der Waals surface area contributed by atoms with E-state index in [9.17, 15) is 18.3 Å². The summed E-state index contributed by atoms with van der Waals surface area (Å²) in [6, 6.07) is -0.385. The fraction of sp³-hybridized carbons (Fsp3) is 1.00. The van der Waals surface area contributed by atoms with E-state index in [1.807, 2.05) is 0 Å². The molecule has 0 aliphatic heterocycles. The first-order chi connectivity index (χ1) is 8.00. The normalized spacial score (nSPS) is 30.8. The average molecular weight is 267 g/mol. The van der Waals surface area contributed by atoms with E-state index in [0.29, 0.717) is 18.8 Å². The molecule has 108 valence electrons. The van der Waals surface area contributed by atoms with Gasteiger partial charge in [-0.05, 0) is 37.6 Å². The van der Waals surface area contributed by atoms with Crippen molar-refractivity contribution in [2.24, 2.45) is 11.3 Å². The third-order valence-corrected chi connectivity index (χ3v) is 4.00. The van der Waals surface area contributed by atoms with Gasteiger partial charge in [0.05, 0.1) is 12.6 Å². The fourth-order valence-electron chi connectivity index (χ4n) is 2.79. The molecule has 0 spiro atoms. The van der Waals surface area contributed by atoms with Crippen LogP contribution in [-0.4, -0.2) is 41.9 Å². The SMILES string of the molecule is CN(CC(F)(F)F)C1CC(C(C)(C)C)CCC1O. The van der Waals surface area contributed by atoms with Crippen LogP contribution in [0.3, 0.4) is 0 Å². The van der Waals surface area contributed by atoms with Crippen LogP contribution in [0.5, 0.6) is 0 Å². The van der Waals surface area contributed by atoms with Crippen LogP contribution in [0.15, 0.2) is 0 Å². The minimum atomic E-state index is -4.21. The molecule has 1 fully saturated rings. The number of aliphatic hydroxyl groups is 1. The van der Waals surface area contributed by atoms with E-state index in [1.165, 1.54) is 11.9 Å². The fourth-order valence-corrected chi connectivity index (χ4v) is 2.79. The van der Waals surface area contributed by atoms with E-state index in [0.717, 1.165) is 6.42 Å². The maximum Gasteiger partial charge on any atom is 0.401 e. The summed E-state index contributed by atoms with van der Waals surface area (Å²) in [5, 5.41) is 9.91. The van der Waals surface area contributed by atoms with E-state index in [1.54, 1.807) is 0 Å². The predicted molar refractivity (Wildman–Crippen MR) is 65.3 cm³/mol. The van der Waals surface area contributed by atoms with Gasteiger partial charge in [-0.3, -0.25) is 4.90 Å². The van der Waals surface area contributed by atoms with Crippen molar-refractivity contribution in [1.82, 2.24) is 4.90 Å². The molecule has 0 aromatic rings. The van der Waals surface area contributed by atoms with E-state index >= 15 is 0 Å². The molecule has 0 aromatic heterocycles. The molecule has 3 atom stereocenters. The number of nitrogens with zero attached hydrogens (tertiary/aromatic N) is 1. The molecule has 0 saturated heterocycles. The molecule has 2 nitrogen and oxygen atoms in total. The standard InChI is InChI=1S/C13H24F3NO/c1-12(2,3)9-5-6-11(18)10(7-9)17(4)8-13(14,15)16/h9-11,18H,5-8H2,1-4H3. The summed E-state index contributed by atoms with van der Waals surface area (Å²) >= 11 is 0. The zero-order valence-electron chi connectivity index (χ0n) is 11.6. The monoisotopic (exact) mass is 267 g/mol. The summed E-state index contributed by atoms with van der Waals surface area (Å²) in [6.45, 7) is 5.37. The highest BCUT2D eigenvalue weighted by Crippen LogP contribution is 2.39. The van der Waals surface area contributed by atoms with E-state index < -0.39 is 18.8 Å². The summed E-state index contributed by atoms with van der Waals surface area (Å²) in [7, 11) is 1.45. The van der Waals surface area contributed by atoms with Gasteiger partial charge in [0, 0.05) is 6.04 Å². The van der Waals surface area contributed by atoms with Crippen LogP contribution < -0.4 is 0 Å². The van der Waals surface area contributed by atoms with Crippen LogP contribution >= 0.6 is 0 Å². The summed E-state index contributed by atoms with van der Waals surface area (Å²) in [6.07, 6.45) is -2.73. The molecule has 1 saturated carbocycles. The Hall–Kier alpha value is -0.290. The molecule has 1 rings (SSSR count). The van der Waals surface area contributed by atoms with Crippen LogP contribution in [0.25, 0.3) is 0 Å². The van der Waals surface area contributed by atoms with Gasteiger partial charge in [0.1, 0.15) is 0 Å². The second kappa shape index (κ2) is 5.37. The molecule has 3 unspecified atom stereocenters. The molecular formula is C13H24F3NO. The third-order valence-electron chi connectivity index (χ3n) is 4.00. The second-order valence-electron chi connectivity index (χ2n) is 6.54. The predicted octanol–water partition coefficient (Wildman–Crippen LogP) is 3.06. The average Bonchev–Trinajstić information content (AvgIpc) is 2.13. The lowest BCUT2D eigenvalue weighted by molar-refractivity contribution is -0.155. The molecule has 0 bridgehead atoms. The minimum absolute atomic E-state index is 0.0808. The van der Waals surface area contributed by atoms with Gasteiger partial charge < -0.3 is 5.11 Å². The topological polar surface area (TPSA) is 23.5 Å². The van der Waals surface area contributed by atoms with Gasteiger partial charge in [-0.2, -0.15) is 13.2 Å². The van der Waals surface area contributed by atoms with Crippen molar-refractivity contribution in [3.63, 3.8) is 0 Å². The largest absolute Gasteiger partial charge is 0.401 e. The van der Waals surface area contributed by atoms with Crippen LogP contribution in [0.1, 0.15) is 40.0 Å². The number of aliphatic hydroxyl groups excluding tert-OH is 1. The van der Waals surface area contributed by atoms with Crippen LogP contribution in [0, 0.1) is 11.3 Å². The number of hydrogen-bond acceptors (Lipinski definition) is 2. The van der Waals surface area contributed by atoms with E-state index in [4.69, 9.17) is 0 Å². The zero-order chi connectivity index (χ0) is 14.1. The molecule has 1 aliphatic carbocycles. The Balaban J connectivity index is 2.68. The number of rotatable bonds is 2. The van der Waals surface area contributed by atoms with E-state index in [2.05, 4.69) is 20.8 Å². The summed E-state index contributed by atoms with van der Waals surface area (Å²) in [4.78, 5) is 1.25. The molecular weight excluding hydrogens is 243 g/mol. The van der Waals surface area contributed by atoms with Gasteiger partial charge in [0.2, 0.25) is 0 Å². The zero-order valence-corrected chi connectivity index (χ0v) is 11.6. The first kappa shape index (κ1) is 15.8. The number of halogens is 3. The Kier molecular flexibility index (Phi) is 4.70. The number of alkyl halides is 3. The highest BCUT2D eigenvalue weighted by molar-refractivity contribution is 4.90. The minimum Gasteiger partial charge on any atom is -0.391 e. The van der Waals surface area contributed by atoms with Crippen molar-refractivity contribution < 1.29 is 18.3 Å². The molecule has 18 heavy (non-hydrogen) atoms. The van der Waals surface area contributed by atoms with Crippen molar-refractivity contribution in [2.75, 3.05) is 13.6 Å². The van der Waals surface area contributed by atoms with Crippen LogP contribution in [0.2, 0.25) is 0 Å². The van der Waals surface area contributed by atoms with Gasteiger partial charge in [-0.25, -0.2) is 0 Å². The Morgan fingerprint density at radius 1 is 1.17 bits per heavy atom. The molecule has 0 amide bonds. The Morgan fingerprint density at radius 2 is 1.72 bits per heavy atom. The molecule has 0 aromatic carbocycles. The lowest BCUT2D eigenvalue weighted by atomic mass is 9.70. The quantitative estimate of drug-likeness (QED) is 0.831. The Labute approximate surface area is 107 Å². The third kappa shape index (κ3) is 4.43. The number of hydrogen-bond donors (Lipinski definition) is 1. The van der Waals surface area contributed by atoms with Crippen molar-refractivity contribution in [3.8, 4) is 0 Å². The van der Waals surface area contributed by atoms with Crippen molar-refractivity contribution in [2.45, 2.75) is 58.4 Å². The van der Waals surface area contributed by atoms with Gasteiger partial charge in [-0.1, -0.05) is 20.8 Å². The van der Waals surface area contributed by atoms with Crippen molar-refractivity contribution in [1.29, 1.82) is 0 Å². The Bertz CT molecular complexity index is 272. The van der Waals surface area contributed by atoms with Gasteiger partial charge in [-0.15, -0.1) is 0 Å². The van der Waals surface area contributed by atoms with Gasteiger partial charge in [0.25, 0.3) is 0 Å². The smallest absolute Gasteiger partial charge is 0.391 e. The summed E-state index contributed by atoms with van der Waals surface area (Å²) in [5.41, 5.74) is 0.0808. The van der Waals surface area contributed by atoms with Gasteiger partial charge in [0.15, 0.2) is 0 Å². The second-order valence-corrected chi connectivity index (χ2v) is 6.54.